The highest BCUT2D eigenvalue weighted by Gasteiger charge is 2.42. The van der Waals surface area contributed by atoms with Crippen LogP contribution in [0, 0.1) is 0 Å². The molecule has 0 saturated carbocycles. The summed E-state index contributed by atoms with van der Waals surface area (Å²) in [6, 6.07) is 16.4. The first-order valence-electron chi connectivity index (χ1n) is 10.3. The Hall–Kier alpha value is -3.45. The van der Waals surface area contributed by atoms with Gasteiger partial charge in [-0.2, -0.15) is 0 Å². The molecule has 31 heavy (non-hydrogen) atoms. The average Bonchev–Trinajstić information content (AvgIpc) is 3.36. The van der Waals surface area contributed by atoms with Gasteiger partial charge < -0.3 is 15.0 Å². The molecule has 7 heteroatoms. The Labute approximate surface area is 181 Å². The summed E-state index contributed by atoms with van der Waals surface area (Å²) in [5.41, 5.74) is 2.75. The maximum atomic E-state index is 13.4. The van der Waals surface area contributed by atoms with Crippen molar-refractivity contribution < 1.29 is 19.1 Å². The molecule has 2 aromatic carbocycles. The number of carbonyl (C=O) groups excluding carboxylic acids is 3. The predicted molar refractivity (Wildman–Crippen MR) is 118 cm³/mol. The first kappa shape index (κ1) is 20.8. The van der Waals surface area contributed by atoms with Gasteiger partial charge in [-0.05, 0) is 42.7 Å². The molecule has 1 unspecified atom stereocenters. The van der Waals surface area contributed by atoms with Gasteiger partial charge in [0.15, 0.2) is 0 Å². The summed E-state index contributed by atoms with van der Waals surface area (Å²) in [6.45, 7) is 2.34. The van der Waals surface area contributed by atoms with Gasteiger partial charge in [0.25, 0.3) is 11.8 Å². The van der Waals surface area contributed by atoms with Crippen molar-refractivity contribution in [1.82, 2.24) is 4.90 Å². The van der Waals surface area contributed by atoms with E-state index in [0.29, 0.717) is 29.1 Å². The van der Waals surface area contributed by atoms with Gasteiger partial charge in [0.05, 0.1) is 18.2 Å². The fourth-order valence-corrected chi connectivity index (χ4v) is 4.00. The third-order valence-electron chi connectivity index (χ3n) is 5.53. The number of carbonyl (C=O) groups is 3. The number of nitrogens with zero attached hydrogens (tertiary/aromatic N) is 2. The first-order valence-corrected chi connectivity index (χ1v) is 10.3. The number of ether oxygens (including phenoxy) is 1. The van der Waals surface area contributed by atoms with Crippen molar-refractivity contribution in [3.63, 3.8) is 0 Å². The molecular formula is C24H25N3O4. The molecule has 2 aliphatic rings. The molecule has 0 aliphatic carbocycles. The van der Waals surface area contributed by atoms with Crippen LogP contribution in [-0.4, -0.2) is 48.9 Å². The highest BCUT2D eigenvalue weighted by molar-refractivity contribution is 6.36. The Morgan fingerprint density at radius 3 is 2.42 bits per heavy atom. The van der Waals surface area contributed by atoms with Crippen LogP contribution >= 0.6 is 0 Å². The number of nitrogens with one attached hydrogen (secondary N) is 1. The lowest BCUT2D eigenvalue weighted by atomic mass is 10.0. The minimum atomic E-state index is -0.328. The summed E-state index contributed by atoms with van der Waals surface area (Å²) < 4.78 is 5.67. The smallest absolute Gasteiger partial charge is 0.278 e. The maximum absolute atomic E-state index is 13.4. The third kappa shape index (κ3) is 4.22. The van der Waals surface area contributed by atoms with Crippen molar-refractivity contribution in [3.8, 4) is 0 Å². The van der Waals surface area contributed by atoms with E-state index < -0.39 is 0 Å². The van der Waals surface area contributed by atoms with Crippen LogP contribution in [0.5, 0.6) is 0 Å². The second-order valence-electron chi connectivity index (χ2n) is 7.73. The van der Waals surface area contributed by atoms with Crippen LogP contribution in [0.25, 0.3) is 5.57 Å². The van der Waals surface area contributed by atoms with Crippen LogP contribution in [0.2, 0.25) is 0 Å². The van der Waals surface area contributed by atoms with Crippen LogP contribution in [0.3, 0.4) is 0 Å². The fourth-order valence-electron chi connectivity index (χ4n) is 4.00. The van der Waals surface area contributed by atoms with Crippen molar-refractivity contribution in [2.24, 2.45) is 0 Å². The number of likely N-dealkylation sites (N-methyl/N-ethyl adjacent to an activating group) is 1. The molecule has 160 valence electrons. The summed E-state index contributed by atoms with van der Waals surface area (Å²) in [5.74, 6) is -0.829. The van der Waals surface area contributed by atoms with E-state index >= 15 is 0 Å². The SMILES string of the molecule is CC(=O)Nc1ccc(C2=C(N(C)c3ccccc3)C(=O)N(CC3CCCO3)C2=O)cc1. The molecule has 0 aromatic heterocycles. The Bertz CT molecular complexity index is 1020. The molecule has 2 aliphatic heterocycles. The number of rotatable bonds is 6. The van der Waals surface area contributed by atoms with E-state index in [2.05, 4.69) is 5.32 Å². The zero-order chi connectivity index (χ0) is 22.0. The van der Waals surface area contributed by atoms with Crippen molar-refractivity contribution in [2.45, 2.75) is 25.9 Å². The van der Waals surface area contributed by atoms with Gasteiger partial charge in [-0.3, -0.25) is 19.3 Å². The van der Waals surface area contributed by atoms with Crippen molar-refractivity contribution in [1.29, 1.82) is 0 Å². The lowest BCUT2D eigenvalue weighted by Gasteiger charge is -2.22. The van der Waals surface area contributed by atoms with Crippen LogP contribution < -0.4 is 10.2 Å². The standard InChI is InChI=1S/C24H25N3O4/c1-16(28)25-18-12-10-17(11-13-18)21-22(26(2)19-7-4-3-5-8-19)24(30)27(23(21)29)15-20-9-6-14-31-20/h3-5,7-8,10-13,20H,6,9,14-15H2,1-2H3,(H,25,28). The number of anilines is 2. The monoisotopic (exact) mass is 419 g/mol. The van der Waals surface area contributed by atoms with Crippen molar-refractivity contribution in [3.05, 3.63) is 65.9 Å². The summed E-state index contributed by atoms with van der Waals surface area (Å²) in [6.07, 6.45) is 1.64. The number of hydrogen-bond donors (Lipinski definition) is 1. The second kappa shape index (κ2) is 8.73. The number of benzene rings is 2. The van der Waals surface area contributed by atoms with E-state index in [1.54, 1.807) is 36.2 Å². The molecule has 1 fully saturated rings. The summed E-state index contributed by atoms with van der Waals surface area (Å²) in [4.78, 5) is 41.2. The van der Waals surface area contributed by atoms with Crippen LogP contribution in [-0.2, 0) is 19.1 Å². The highest BCUT2D eigenvalue weighted by atomic mass is 16.5. The lowest BCUT2D eigenvalue weighted by Crippen LogP contribution is -2.39. The molecule has 4 rings (SSSR count). The van der Waals surface area contributed by atoms with E-state index in [-0.39, 0.29) is 30.4 Å². The van der Waals surface area contributed by atoms with E-state index in [1.165, 1.54) is 11.8 Å². The third-order valence-corrected chi connectivity index (χ3v) is 5.53. The average molecular weight is 419 g/mol. The number of para-hydroxylation sites is 1. The molecule has 0 bridgehead atoms. The Morgan fingerprint density at radius 2 is 1.81 bits per heavy atom. The second-order valence-corrected chi connectivity index (χ2v) is 7.73. The molecule has 0 spiro atoms. The van der Waals surface area contributed by atoms with E-state index in [9.17, 15) is 14.4 Å². The minimum absolute atomic E-state index is 0.127. The number of amides is 3. The van der Waals surface area contributed by atoms with Crippen LogP contribution in [0.4, 0.5) is 11.4 Å². The summed E-state index contributed by atoms with van der Waals surface area (Å²) in [7, 11) is 1.79. The molecule has 1 N–H and O–H groups in total. The lowest BCUT2D eigenvalue weighted by molar-refractivity contribution is -0.138. The molecule has 3 amide bonds. The first-order chi connectivity index (χ1) is 15.0. The van der Waals surface area contributed by atoms with Gasteiger partial charge in [-0.25, -0.2) is 0 Å². The zero-order valence-electron chi connectivity index (χ0n) is 17.6. The molecule has 7 nitrogen and oxygen atoms in total. The largest absolute Gasteiger partial charge is 0.376 e. The normalized spacial score (nSPS) is 18.6. The van der Waals surface area contributed by atoms with Gasteiger partial charge in [-0.1, -0.05) is 30.3 Å². The summed E-state index contributed by atoms with van der Waals surface area (Å²) >= 11 is 0. The highest BCUT2D eigenvalue weighted by Crippen LogP contribution is 2.34. The van der Waals surface area contributed by atoms with Crippen LogP contribution in [0.1, 0.15) is 25.3 Å². The zero-order valence-corrected chi connectivity index (χ0v) is 17.6. The van der Waals surface area contributed by atoms with Gasteiger partial charge in [0, 0.05) is 32.0 Å². The minimum Gasteiger partial charge on any atom is -0.376 e. The Morgan fingerprint density at radius 1 is 1.10 bits per heavy atom. The van der Waals surface area contributed by atoms with Crippen molar-refractivity contribution >= 4 is 34.7 Å². The van der Waals surface area contributed by atoms with Gasteiger partial charge in [-0.15, -0.1) is 0 Å². The number of imide groups is 1. The Balaban J connectivity index is 1.73. The molecule has 0 radical (unpaired) electrons. The fraction of sp³-hybridized carbons (Fsp3) is 0.292. The molecule has 2 aromatic rings. The van der Waals surface area contributed by atoms with Gasteiger partial charge >= 0.3 is 0 Å². The quantitative estimate of drug-likeness (QED) is 0.728. The maximum Gasteiger partial charge on any atom is 0.278 e. The molecular weight excluding hydrogens is 394 g/mol. The molecule has 1 saturated heterocycles. The van der Waals surface area contributed by atoms with E-state index in [0.717, 1.165) is 18.5 Å². The summed E-state index contributed by atoms with van der Waals surface area (Å²) in [5, 5.41) is 2.72. The molecule has 1 atom stereocenters. The van der Waals surface area contributed by atoms with E-state index in [4.69, 9.17) is 4.74 Å². The predicted octanol–water partition coefficient (Wildman–Crippen LogP) is 3.04. The van der Waals surface area contributed by atoms with E-state index in [1.807, 2.05) is 30.3 Å². The van der Waals surface area contributed by atoms with Gasteiger partial charge in [0.1, 0.15) is 5.70 Å². The van der Waals surface area contributed by atoms with Crippen LogP contribution in [0.15, 0.2) is 60.3 Å². The topological polar surface area (TPSA) is 79.0 Å². The van der Waals surface area contributed by atoms with Crippen molar-refractivity contribution in [2.75, 3.05) is 30.4 Å². The van der Waals surface area contributed by atoms with Gasteiger partial charge in [0.2, 0.25) is 5.91 Å². The Kier molecular flexibility index (Phi) is 5.86. The molecule has 2 heterocycles. The number of hydrogen-bond acceptors (Lipinski definition) is 5.